The van der Waals surface area contributed by atoms with Crippen molar-refractivity contribution < 1.29 is 19.4 Å². The van der Waals surface area contributed by atoms with Gasteiger partial charge in [-0.2, -0.15) is 0 Å². The van der Waals surface area contributed by atoms with Gasteiger partial charge in [-0.3, -0.25) is 4.79 Å². The van der Waals surface area contributed by atoms with Crippen molar-refractivity contribution in [2.75, 3.05) is 12.4 Å². The normalized spacial score (nSPS) is 10.3. The third kappa shape index (κ3) is 2.25. The average molecular weight is 266 g/mol. The highest BCUT2D eigenvalue weighted by Crippen LogP contribution is 2.31. The quantitative estimate of drug-likeness (QED) is 0.886. The van der Waals surface area contributed by atoms with Gasteiger partial charge in [-0.05, 0) is 6.07 Å². The van der Waals surface area contributed by atoms with Crippen LogP contribution in [0.4, 0.5) is 5.13 Å². The van der Waals surface area contributed by atoms with Crippen molar-refractivity contribution in [2.45, 2.75) is 6.92 Å². The van der Waals surface area contributed by atoms with Crippen LogP contribution in [0, 0.1) is 0 Å². The number of carboxylic acid groups (broad SMARTS) is 1. The molecule has 6 nitrogen and oxygen atoms in total. The van der Waals surface area contributed by atoms with E-state index in [1.165, 1.54) is 31.4 Å². The largest absolute Gasteiger partial charge is 0.496 e. The van der Waals surface area contributed by atoms with Crippen LogP contribution < -0.4 is 10.1 Å². The second-order valence-corrected chi connectivity index (χ2v) is 4.56. The first-order valence-electron chi connectivity index (χ1n) is 5.00. The third-order valence-corrected chi connectivity index (χ3v) is 3.16. The molecule has 1 amide bonds. The lowest BCUT2D eigenvalue weighted by Crippen LogP contribution is -2.04. The Morgan fingerprint density at radius 3 is 2.72 bits per heavy atom. The lowest BCUT2D eigenvalue weighted by atomic mass is 10.2. The fourth-order valence-corrected chi connectivity index (χ4v) is 2.43. The van der Waals surface area contributed by atoms with Crippen LogP contribution in [0.25, 0.3) is 10.2 Å². The van der Waals surface area contributed by atoms with Crippen LogP contribution >= 0.6 is 11.3 Å². The van der Waals surface area contributed by atoms with Crippen LogP contribution in [0.5, 0.6) is 5.75 Å². The maximum absolute atomic E-state index is 11.0. The van der Waals surface area contributed by atoms with E-state index in [0.717, 1.165) is 0 Å². The number of amides is 1. The number of benzene rings is 1. The monoisotopic (exact) mass is 266 g/mol. The average Bonchev–Trinajstić information content (AvgIpc) is 2.66. The highest BCUT2D eigenvalue weighted by molar-refractivity contribution is 7.22. The van der Waals surface area contributed by atoms with Gasteiger partial charge in [0.05, 0.1) is 17.3 Å². The Morgan fingerprint density at radius 2 is 2.17 bits per heavy atom. The van der Waals surface area contributed by atoms with Crippen molar-refractivity contribution in [3.05, 3.63) is 17.7 Å². The molecule has 0 fully saturated rings. The lowest BCUT2D eigenvalue weighted by molar-refractivity contribution is -0.114. The van der Waals surface area contributed by atoms with Gasteiger partial charge in [0, 0.05) is 13.0 Å². The number of carbonyl (C=O) groups is 2. The van der Waals surface area contributed by atoms with Crippen molar-refractivity contribution in [2.24, 2.45) is 0 Å². The first kappa shape index (κ1) is 12.3. The molecule has 0 unspecified atom stereocenters. The Morgan fingerprint density at radius 1 is 1.44 bits per heavy atom. The summed E-state index contributed by atoms with van der Waals surface area (Å²) in [6.45, 7) is 1.38. The van der Waals surface area contributed by atoms with Crippen molar-refractivity contribution in [3.63, 3.8) is 0 Å². The molecule has 0 aliphatic heterocycles. The fourth-order valence-electron chi connectivity index (χ4n) is 1.49. The van der Waals surface area contributed by atoms with E-state index in [9.17, 15) is 9.59 Å². The Labute approximate surface area is 106 Å². The van der Waals surface area contributed by atoms with E-state index in [4.69, 9.17) is 9.84 Å². The number of aromatic nitrogens is 1. The van der Waals surface area contributed by atoms with Gasteiger partial charge in [0.1, 0.15) is 11.3 Å². The Balaban J connectivity index is 2.55. The molecule has 7 heteroatoms. The Kier molecular flexibility index (Phi) is 3.15. The first-order valence-corrected chi connectivity index (χ1v) is 5.82. The van der Waals surface area contributed by atoms with E-state index < -0.39 is 5.97 Å². The lowest BCUT2D eigenvalue weighted by Gasteiger charge is -2.03. The van der Waals surface area contributed by atoms with Gasteiger partial charge in [0.25, 0.3) is 0 Å². The van der Waals surface area contributed by atoms with Gasteiger partial charge in [-0.15, -0.1) is 0 Å². The molecule has 0 saturated heterocycles. The summed E-state index contributed by atoms with van der Waals surface area (Å²) < 4.78 is 5.68. The minimum atomic E-state index is -1.07. The topological polar surface area (TPSA) is 88.5 Å². The molecular weight excluding hydrogens is 256 g/mol. The smallest absolute Gasteiger partial charge is 0.339 e. The molecule has 0 saturated carbocycles. The van der Waals surface area contributed by atoms with Crippen LogP contribution in [0.3, 0.4) is 0 Å². The highest BCUT2D eigenvalue weighted by atomic mass is 32.1. The Bertz CT molecular complexity index is 635. The summed E-state index contributed by atoms with van der Waals surface area (Å²) in [6, 6.07) is 3.03. The van der Waals surface area contributed by atoms with E-state index in [-0.39, 0.29) is 17.2 Å². The zero-order chi connectivity index (χ0) is 13.3. The molecule has 1 aromatic carbocycles. The van der Waals surface area contributed by atoms with E-state index in [1.807, 2.05) is 0 Å². The highest BCUT2D eigenvalue weighted by Gasteiger charge is 2.15. The zero-order valence-corrected chi connectivity index (χ0v) is 10.5. The minimum absolute atomic E-state index is 0.0722. The van der Waals surface area contributed by atoms with E-state index in [1.54, 1.807) is 6.07 Å². The minimum Gasteiger partial charge on any atom is -0.496 e. The summed E-state index contributed by atoms with van der Waals surface area (Å²) in [6.07, 6.45) is 0. The number of aromatic carboxylic acids is 1. The third-order valence-electron chi connectivity index (χ3n) is 2.22. The summed E-state index contributed by atoms with van der Waals surface area (Å²) in [7, 11) is 1.40. The second-order valence-electron chi connectivity index (χ2n) is 3.53. The first-order chi connectivity index (χ1) is 8.51. The van der Waals surface area contributed by atoms with Gasteiger partial charge in [-0.25, -0.2) is 9.78 Å². The number of methoxy groups -OCH3 is 1. The van der Waals surface area contributed by atoms with Gasteiger partial charge < -0.3 is 15.2 Å². The molecule has 18 heavy (non-hydrogen) atoms. The fraction of sp³-hybridized carbons (Fsp3) is 0.182. The summed E-state index contributed by atoms with van der Waals surface area (Å²) in [5.74, 6) is -1.04. The van der Waals surface area contributed by atoms with Gasteiger partial charge in [-0.1, -0.05) is 11.3 Å². The van der Waals surface area contributed by atoms with Crippen molar-refractivity contribution in [1.29, 1.82) is 0 Å². The number of anilines is 1. The maximum Gasteiger partial charge on any atom is 0.339 e. The van der Waals surface area contributed by atoms with E-state index in [0.29, 0.717) is 15.3 Å². The maximum atomic E-state index is 11.0. The molecule has 1 heterocycles. The number of carbonyl (C=O) groups excluding carboxylic acids is 1. The number of fused-ring (bicyclic) bond motifs is 1. The van der Waals surface area contributed by atoms with Crippen molar-refractivity contribution >= 4 is 38.6 Å². The van der Waals surface area contributed by atoms with Crippen LogP contribution in [0.15, 0.2) is 12.1 Å². The predicted molar refractivity (Wildman–Crippen MR) is 67.4 cm³/mol. The molecule has 0 spiro atoms. The molecule has 2 N–H and O–H groups in total. The number of rotatable bonds is 3. The molecule has 2 rings (SSSR count). The number of thiazole rings is 1. The number of ether oxygens (including phenoxy) is 1. The molecule has 0 aliphatic carbocycles. The molecular formula is C11H10N2O4S. The molecule has 0 bridgehead atoms. The van der Waals surface area contributed by atoms with Gasteiger partial charge >= 0.3 is 5.97 Å². The van der Waals surface area contributed by atoms with E-state index in [2.05, 4.69) is 10.3 Å². The second kappa shape index (κ2) is 4.61. The standard InChI is InChI=1S/C11H10N2O4S/c1-5(14)12-11-13-7-4-8(17-2)6(10(15)16)3-9(7)18-11/h3-4H,1-2H3,(H,15,16)(H,12,13,14). The summed E-state index contributed by atoms with van der Waals surface area (Å²) >= 11 is 1.21. The van der Waals surface area contributed by atoms with Crippen molar-refractivity contribution in [1.82, 2.24) is 4.98 Å². The molecule has 94 valence electrons. The summed E-state index contributed by atoms with van der Waals surface area (Å²) in [5.41, 5.74) is 0.661. The molecule has 0 atom stereocenters. The van der Waals surface area contributed by atoms with Crippen LogP contribution in [0.2, 0.25) is 0 Å². The number of nitrogens with zero attached hydrogens (tertiary/aromatic N) is 1. The molecule has 0 aliphatic rings. The van der Waals surface area contributed by atoms with Crippen LogP contribution in [-0.2, 0) is 4.79 Å². The number of hydrogen-bond donors (Lipinski definition) is 2. The van der Waals surface area contributed by atoms with Gasteiger partial charge in [0.2, 0.25) is 5.91 Å². The summed E-state index contributed by atoms with van der Waals surface area (Å²) in [4.78, 5) is 26.1. The van der Waals surface area contributed by atoms with Gasteiger partial charge in [0.15, 0.2) is 5.13 Å². The van der Waals surface area contributed by atoms with Crippen molar-refractivity contribution in [3.8, 4) is 5.75 Å². The Hall–Kier alpha value is -2.15. The number of hydrogen-bond acceptors (Lipinski definition) is 5. The SMILES string of the molecule is COc1cc2nc(NC(C)=O)sc2cc1C(=O)O. The summed E-state index contributed by atoms with van der Waals surface area (Å²) in [5, 5.41) is 12.0. The predicted octanol–water partition coefficient (Wildman–Crippen LogP) is 1.96. The van der Waals surface area contributed by atoms with Crippen LogP contribution in [0.1, 0.15) is 17.3 Å². The molecule has 2 aromatic rings. The molecule has 0 radical (unpaired) electrons. The van der Waals surface area contributed by atoms with Crippen LogP contribution in [-0.4, -0.2) is 29.1 Å². The number of nitrogens with one attached hydrogen (secondary N) is 1. The molecule has 1 aromatic heterocycles. The zero-order valence-electron chi connectivity index (χ0n) is 9.68. The number of carboxylic acids is 1. The van der Waals surface area contributed by atoms with E-state index >= 15 is 0 Å².